The minimum atomic E-state index is -3.79. The summed E-state index contributed by atoms with van der Waals surface area (Å²) >= 11 is 0. The Morgan fingerprint density at radius 2 is 1.74 bits per heavy atom. The third kappa shape index (κ3) is 4.92. The second-order valence-electron chi connectivity index (χ2n) is 7.14. The van der Waals surface area contributed by atoms with Gasteiger partial charge >= 0.3 is 0 Å². The molecule has 1 aliphatic heterocycles. The highest BCUT2D eigenvalue weighted by Gasteiger charge is 2.43. The molecule has 1 atom stereocenters. The van der Waals surface area contributed by atoms with E-state index in [9.17, 15) is 22.8 Å². The van der Waals surface area contributed by atoms with Crippen LogP contribution < -0.4 is 14.8 Å². The summed E-state index contributed by atoms with van der Waals surface area (Å²) in [6.45, 7) is 1.54. The fraction of sp³-hybridized carbons (Fsp3) is 0.286. The van der Waals surface area contributed by atoms with Gasteiger partial charge in [-0.2, -0.15) is 0 Å². The monoisotopic (exact) mass is 445 g/mol. The van der Waals surface area contributed by atoms with E-state index < -0.39 is 22.0 Å². The lowest BCUT2D eigenvalue weighted by Gasteiger charge is -2.26. The first-order valence-electron chi connectivity index (χ1n) is 9.51. The smallest absolute Gasteiger partial charge is 0.257 e. The van der Waals surface area contributed by atoms with Crippen LogP contribution in [0.25, 0.3) is 0 Å². The van der Waals surface area contributed by atoms with Gasteiger partial charge in [-0.1, -0.05) is 12.1 Å². The van der Waals surface area contributed by atoms with Gasteiger partial charge in [-0.3, -0.25) is 14.4 Å². The van der Waals surface area contributed by atoms with Gasteiger partial charge in [0.2, 0.25) is 21.8 Å². The number of benzene rings is 2. The molecular formula is C21H23N3O6S. The van der Waals surface area contributed by atoms with Crippen LogP contribution in [0.3, 0.4) is 0 Å². The molecule has 2 aromatic rings. The van der Waals surface area contributed by atoms with E-state index in [2.05, 4.69) is 0 Å². The Hall–Kier alpha value is -3.24. The molecule has 3 rings (SSSR count). The van der Waals surface area contributed by atoms with Crippen molar-refractivity contribution in [2.45, 2.75) is 30.7 Å². The maximum Gasteiger partial charge on any atom is 0.257 e. The number of anilines is 1. The molecule has 1 saturated heterocycles. The van der Waals surface area contributed by atoms with Crippen molar-refractivity contribution in [1.82, 2.24) is 4.90 Å². The van der Waals surface area contributed by atoms with Crippen LogP contribution >= 0.6 is 0 Å². The molecule has 164 valence electrons. The van der Waals surface area contributed by atoms with E-state index in [4.69, 9.17) is 9.88 Å². The number of ether oxygens (including phenoxy) is 1. The average Bonchev–Trinajstić information content (AvgIpc) is 3.01. The summed E-state index contributed by atoms with van der Waals surface area (Å²) in [7, 11) is -2.27. The number of amides is 3. The van der Waals surface area contributed by atoms with Crippen molar-refractivity contribution in [3.05, 3.63) is 54.1 Å². The third-order valence-electron chi connectivity index (χ3n) is 5.13. The first-order chi connectivity index (χ1) is 14.6. The minimum absolute atomic E-state index is 0.00799. The molecule has 10 heteroatoms. The molecule has 0 radical (unpaired) electrons. The number of rotatable bonds is 7. The molecule has 0 bridgehead atoms. The SMILES string of the molecule is COc1ccc(N2C(=O)C[C@H](N(CCc3ccc(S(N)(=O)=O)cc3)C(C)=O)C2=O)cc1. The highest BCUT2D eigenvalue weighted by Crippen LogP contribution is 2.27. The molecule has 2 N–H and O–H groups in total. The van der Waals surface area contributed by atoms with Crippen molar-refractivity contribution in [1.29, 1.82) is 0 Å². The topological polar surface area (TPSA) is 127 Å². The first kappa shape index (κ1) is 22.4. The fourth-order valence-corrected chi connectivity index (χ4v) is 4.01. The molecule has 0 spiro atoms. The second-order valence-corrected chi connectivity index (χ2v) is 8.70. The van der Waals surface area contributed by atoms with Crippen molar-refractivity contribution < 1.29 is 27.5 Å². The minimum Gasteiger partial charge on any atom is -0.497 e. The predicted molar refractivity (Wildman–Crippen MR) is 113 cm³/mol. The van der Waals surface area contributed by atoms with Gasteiger partial charge in [0.15, 0.2) is 0 Å². The Morgan fingerprint density at radius 1 is 1.13 bits per heavy atom. The number of nitrogens with zero attached hydrogens (tertiary/aromatic N) is 2. The van der Waals surface area contributed by atoms with Gasteiger partial charge in [-0.05, 0) is 48.4 Å². The van der Waals surface area contributed by atoms with Gasteiger partial charge in [0, 0.05) is 13.5 Å². The molecule has 3 amide bonds. The van der Waals surface area contributed by atoms with Gasteiger partial charge < -0.3 is 9.64 Å². The largest absolute Gasteiger partial charge is 0.497 e. The molecule has 1 aliphatic rings. The lowest BCUT2D eigenvalue weighted by Crippen LogP contribution is -2.45. The van der Waals surface area contributed by atoms with Crippen molar-refractivity contribution >= 4 is 33.4 Å². The third-order valence-corrected chi connectivity index (χ3v) is 6.06. The van der Waals surface area contributed by atoms with Crippen LogP contribution in [0.2, 0.25) is 0 Å². The van der Waals surface area contributed by atoms with E-state index in [1.165, 1.54) is 31.1 Å². The summed E-state index contributed by atoms with van der Waals surface area (Å²) in [4.78, 5) is 40.2. The van der Waals surface area contributed by atoms with Crippen LogP contribution in [0, 0.1) is 0 Å². The highest BCUT2D eigenvalue weighted by molar-refractivity contribution is 7.89. The van der Waals surface area contributed by atoms with Crippen LogP contribution in [-0.2, 0) is 30.8 Å². The van der Waals surface area contributed by atoms with Gasteiger partial charge in [-0.25, -0.2) is 18.5 Å². The van der Waals surface area contributed by atoms with Crippen molar-refractivity contribution in [2.75, 3.05) is 18.6 Å². The lowest BCUT2D eigenvalue weighted by molar-refractivity contribution is -0.136. The molecule has 9 nitrogen and oxygen atoms in total. The fourth-order valence-electron chi connectivity index (χ4n) is 3.49. The molecule has 0 unspecified atom stereocenters. The van der Waals surface area contributed by atoms with Crippen LogP contribution in [-0.4, -0.2) is 50.7 Å². The molecule has 1 fully saturated rings. The molecule has 0 aliphatic carbocycles. The number of hydrogen-bond donors (Lipinski definition) is 1. The summed E-state index contributed by atoms with van der Waals surface area (Å²) in [6.07, 6.45) is 0.278. The van der Waals surface area contributed by atoms with Crippen molar-refractivity contribution in [3.8, 4) is 5.75 Å². The standard InChI is InChI=1S/C21H23N3O6S/c1-14(25)23(12-11-15-3-9-18(10-4-15)31(22,28)29)19-13-20(26)24(21(19)27)16-5-7-17(30-2)8-6-16/h3-10,19H,11-13H2,1-2H3,(H2,22,28,29)/t19-/m0/s1. The van der Waals surface area contributed by atoms with E-state index in [1.807, 2.05) is 0 Å². The summed E-state index contributed by atoms with van der Waals surface area (Å²) < 4.78 is 27.8. The Bertz CT molecular complexity index is 1100. The number of hydrogen-bond acceptors (Lipinski definition) is 6. The Labute approximate surface area is 180 Å². The molecule has 2 aromatic carbocycles. The summed E-state index contributed by atoms with van der Waals surface area (Å²) in [6, 6.07) is 11.6. The summed E-state index contributed by atoms with van der Waals surface area (Å²) in [5.74, 6) is -0.582. The van der Waals surface area contributed by atoms with E-state index >= 15 is 0 Å². The van der Waals surface area contributed by atoms with Crippen LogP contribution in [0.4, 0.5) is 5.69 Å². The van der Waals surface area contributed by atoms with Crippen LogP contribution in [0.15, 0.2) is 53.4 Å². The van der Waals surface area contributed by atoms with E-state index in [0.717, 1.165) is 10.5 Å². The molecule has 0 saturated carbocycles. The van der Waals surface area contributed by atoms with Gasteiger partial charge in [-0.15, -0.1) is 0 Å². The molecule has 1 heterocycles. The maximum absolute atomic E-state index is 13.0. The second kappa shape index (κ2) is 8.86. The lowest BCUT2D eigenvalue weighted by atomic mass is 10.1. The van der Waals surface area contributed by atoms with Crippen molar-refractivity contribution in [3.63, 3.8) is 0 Å². The van der Waals surface area contributed by atoms with Gasteiger partial charge in [0.1, 0.15) is 11.8 Å². The average molecular weight is 445 g/mol. The Morgan fingerprint density at radius 3 is 2.26 bits per heavy atom. The number of sulfonamides is 1. The van der Waals surface area contributed by atoms with E-state index in [0.29, 0.717) is 17.9 Å². The molecular weight excluding hydrogens is 422 g/mol. The zero-order chi connectivity index (χ0) is 22.8. The predicted octanol–water partition coefficient (Wildman–Crippen LogP) is 1.07. The Kier molecular flexibility index (Phi) is 6.42. The summed E-state index contributed by atoms with van der Waals surface area (Å²) in [5, 5.41) is 5.10. The highest BCUT2D eigenvalue weighted by atomic mass is 32.2. The normalized spacial score (nSPS) is 16.5. The zero-order valence-corrected chi connectivity index (χ0v) is 18.0. The van der Waals surface area contributed by atoms with Crippen molar-refractivity contribution in [2.24, 2.45) is 5.14 Å². The first-order valence-corrected chi connectivity index (χ1v) is 11.1. The quantitative estimate of drug-likeness (QED) is 0.635. The molecule has 31 heavy (non-hydrogen) atoms. The zero-order valence-electron chi connectivity index (χ0n) is 17.1. The van der Waals surface area contributed by atoms with E-state index in [1.54, 1.807) is 36.4 Å². The van der Waals surface area contributed by atoms with Gasteiger partial charge in [0.25, 0.3) is 5.91 Å². The Balaban J connectivity index is 1.74. The maximum atomic E-state index is 13.0. The van der Waals surface area contributed by atoms with E-state index in [-0.39, 0.29) is 29.7 Å². The number of nitrogens with two attached hydrogens (primary N) is 1. The van der Waals surface area contributed by atoms with Crippen LogP contribution in [0.5, 0.6) is 5.75 Å². The number of methoxy groups -OCH3 is 1. The summed E-state index contributed by atoms with van der Waals surface area (Å²) in [5.41, 5.74) is 1.18. The van der Waals surface area contributed by atoms with Crippen LogP contribution in [0.1, 0.15) is 18.9 Å². The number of carbonyl (C=O) groups excluding carboxylic acids is 3. The molecule has 0 aromatic heterocycles. The number of carbonyl (C=O) groups is 3. The number of imide groups is 1. The van der Waals surface area contributed by atoms with Gasteiger partial charge in [0.05, 0.1) is 24.1 Å². The number of primary sulfonamides is 1.